The van der Waals surface area contributed by atoms with Crippen LogP contribution in [-0.4, -0.2) is 27.0 Å². The second-order valence-electron chi connectivity index (χ2n) is 5.78. The van der Waals surface area contributed by atoms with Crippen molar-refractivity contribution in [2.24, 2.45) is 0 Å². The number of aromatic nitrogens is 2. The van der Waals surface area contributed by atoms with E-state index in [1.165, 1.54) is 25.1 Å². The Morgan fingerprint density at radius 1 is 1.33 bits per heavy atom. The van der Waals surface area contributed by atoms with Gasteiger partial charge in [0.15, 0.2) is 5.82 Å². The molecule has 3 amide bonds. The van der Waals surface area contributed by atoms with Gasteiger partial charge in [-0.15, -0.1) is 0 Å². The van der Waals surface area contributed by atoms with E-state index in [0.29, 0.717) is 12.2 Å². The first-order valence-electron chi connectivity index (χ1n) is 7.66. The molecule has 0 aliphatic carbocycles. The highest BCUT2D eigenvalue weighted by Gasteiger charge is 2.50. The van der Waals surface area contributed by atoms with Crippen LogP contribution in [0.1, 0.15) is 37.5 Å². The average molecular weight is 332 g/mol. The molecule has 1 aliphatic heterocycles. The third-order valence-electron chi connectivity index (χ3n) is 3.96. The van der Waals surface area contributed by atoms with Crippen molar-refractivity contribution in [3.8, 4) is 0 Å². The number of amides is 3. The largest absolute Gasteiger partial charge is 0.337 e. The van der Waals surface area contributed by atoms with Gasteiger partial charge in [0, 0.05) is 12.0 Å². The number of imide groups is 1. The highest BCUT2D eigenvalue weighted by atomic mass is 19.1. The van der Waals surface area contributed by atoms with E-state index < -0.39 is 23.3 Å². The lowest BCUT2D eigenvalue weighted by atomic mass is 9.91. The molecule has 0 radical (unpaired) electrons. The Morgan fingerprint density at radius 3 is 2.79 bits per heavy atom. The first kappa shape index (κ1) is 16.1. The van der Waals surface area contributed by atoms with Gasteiger partial charge in [-0.1, -0.05) is 30.3 Å². The van der Waals surface area contributed by atoms with Crippen molar-refractivity contribution in [3.05, 3.63) is 47.4 Å². The van der Waals surface area contributed by atoms with E-state index in [9.17, 15) is 14.0 Å². The van der Waals surface area contributed by atoms with Gasteiger partial charge in [-0.05, 0) is 19.4 Å². The van der Waals surface area contributed by atoms with Crippen LogP contribution in [0.3, 0.4) is 0 Å². The Hall–Kier alpha value is -2.77. The number of urea groups is 1. The van der Waals surface area contributed by atoms with Gasteiger partial charge in [-0.25, -0.2) is 9.18 Å². The number of carbonyl (C=O) groups is 2. The first-order chi connectivity index (χ1) is 11.5. The van der Waals surface area contributed by atoms with Crippen LogP contribution in [0.2, 0.25) is 0 Å². The molecular weight excluding hydrogens is 315 g/mol. The summed E-state index contributed by atoms with van der Waals surface area (Å²) < 4.78 is 19.1. The van der Waals surface area contributed by atoms with Crippen molar-refractivity contribution in [1.82, 2.24) is 20.4 Å². The summed E-state index contributed by atoms with van der Waals surface area (Å²) in [5.41, 5.74) is -1.35. The number of nitrogens with one attached hydrogen (secondary N) is 1. The minimum absolute atomic E-state index is 0.114. The quantitative estimate of drug-likeness (QED) is 0.847. The number of carbonyl (C=O) groups excluding carboxylic acids is 2. The first-order valence-corrected chi connectivity index (χ1v) is 7.66. The maximum Gasteiger partial charge on any atom is 0.325 e. The molecule has 1 saturated heterocycles. The Balaban J connectivity index is 1.85. The topological polar surface area (TPSA) is 88.3 Å². The van der Waals surface area contributed by atoms with E-state index in [1.807, 2.05) is 6.92 Å². The molecule has 1 N–H and O–H groups in total. The lowest BCUT2D eigenvalue weighted by Gasteiger charge is -2.22. The summed E-state index contributed by atoms with van der Waals surface area (Å²) in [6.45, 7) is 3.31. The monoisotopic (exact) mass is 332 g/mol. The maximum absolute atomic E-state index is 14.1. The molecule has 0 bridgehead atoms. The van der Waals surface area contributed by atoms with Gasteiger partial charge < -0.3 is 9.84 Å². The van der Waals surface area contributed by atoms with Crippen molar-refractivity contribution < 1.29 is 18.5 Å². The molecule has 0 spiro atoms. The van der Waals surface area contributed by atoms with Crippen LogP contribution in [0.5, 0.6) is 0 Å². The van der Waals surface area contributed by atoms with E-state index >= 15 is 0 Å². The normalized spacial score (nSPS) is 20.5. The zero-order chi connectivity index (χ0) is 17.3. The van der Waals surface area contributed by atoms with Gasteiger partial charge in [0.1, 0.15) is 17.9 Å². The number of hydrogen-bond donors (Lipinski definition) is 1. The number of aryl methyl sites for hydroxylation is 1. The minimum Gasteiger partial charge on any atom is -0.337 e. The van der Waals surface area contributed by atoms with Crippen molar-refractivity contribution in [2.45, 2.75) is 38.8 Å². The molecular formula is C16H17FN4O3. The van der Waals surface area contributed by atoms with Crippen molar-refractivity contribution in [3.63, 3.8) is 0 Å². The van der Waals surface area contributed by atoms with Crippen LogP contribution in [0, 0.1) is 5.82 Å². The highest BCUT2D eigenvalue weighted by Crippen LogP contribution is 2.31. The molecule has 1 unspecified atom stereocenters. The summed E-state index contributed by atoms with van der Waals surface area (Å²) in [4.78, 5) is 30.0. The predicted molar refractivity (Wildman–Crippen MR) is 81.1 cm³/mol. The fourth-order valence-electron chi connectivity index (χ4n) is 2.70. The fraction of sp³-hybridized carbons (Fsp3) is 0.375. The summed E-state index contributed by atoms with van der Waals surface area (Å²) in [6.07, 6.45) is 1.50. The van der Waals surface area contributed by atoms with Crippen LogP contribution in [0.4, 0.5) is 9.18 Å². The highest BCUT2D eigenvalue weighted by molar-refractivity contribution is 6.07. The van der Waals surface area contributed by atoms with Crippen molar-refractivity contribution in [1.29, 1.82) is 0 Å². The van der Waals surface area contributed by atoms with Crippen LogP contribution in [-0.2, 0) is 23.3 Å². The van der Waals surface area contributed by atoms with Crippen LogP contribution in [0.15, 0.2) is 28.8 Å². The molecule has 24 heavy (non-hydrogen) atoms. The molecule has 1 atom stereocenters. The molecule has 2 aromatic rings. The Labute approximate surface area is 137 Å². The third-order valence-corrected chi connectivity index (χ3v) is 3.96. The zero-order valence-corrected chi connectivity index (χ0v) is 13.4. The molecule has 8 heteroatoms. The summed E-state index contributed by atoms with van der Waals surface area (Å²) >= 11 is 0. The van der Waals surface area contributed by atoms with E-state index in [-0.39, 0.29) is 18.0 Å². The SMILES string of the molecule is CCCc1noc(CN2C(=O)NC(C)(c3ccccc3F)C2=O)n1. The average Bonchev–Trinajstić information content (AvgIpc) is 3.07. The van der Waals surface area contributed by atoms with E-state index in [0.717, 1.165) is 11.3 Å². The summed E-state index contributed by atoms with van der Waals surface area (Å²) in [5, 5.41) is 6.34. The van der Waals surface area contributed by atoms with E-state index in [4.69, 9.17) is 4.52 Å². The molecule has 1 fully saturated rings. The number of nitrogens with zero attached hydrogens (tertiary/aromatic N) is 3. The van der Waals surface area contributed by atoms with E-state index in [1.54, 1.807) is 6.07 Å². The van der Waals surface area contributed by atoms with Gasteiger partial charge in [0.25, 0.3) is 5.91 Å². The molecule has 7 nitrogen and oxygen atoms in total. The van der Waals surface area contributed by atoms with Crippen molar-refractivity contribution >= 4 is 11.9 Å². The molecule has 3 rings (SSSR count). The minimum atomic E-state index is -1.46. The van der Waals surface area contributed by atoms with Crippen molar-refractivity contribution in [2.75, 3.05) is 0 Å². The van der Waals surface area contributed by atoms with Crippen LogP contribution in [0.25, 0.3) is 0 Å². The van der Waals surface area contributed by atoms with Gasteiger partial charge in [-0.3, -0.25) is 9.69 Å². The maximum atomic E-state index is 14.1. The van der Waals surface area contributed by atoms with Gasteiger partial charge in [-0.2, -0.15) is 4.98 Å². The van der Waals surface area contributed by atoms with Gasteiger partial charge in [0.05, 0.1) is 0 Å². The molecule has 1 aromatic carbocycles. The Kier molecular flexibility index (Phi) is 4.04. The predicted octanol–water partition coefficient (Wildman–Crippen LogP) is 2.13. The standard InChI is InChI=1S/C16H17FN4O3/c1-3-6-12-18-13(24-20-12)9-21-14(22)16(2,19-15(21)23)10-7-4-5-8-11(10)17/h4-5,7-8H,3,6,9H2,1-2H3,(H,19,23). The molecule has 2 heterocycles. The number of hydrogen-bond acceptors (Lipinski definition) is 5. The second kappa shape index (κ2) is 6.03. The van der Waals surface area contributed by atoms with Gasteiger partial charge >= 0.3 is 6.03 Å². The molecule has 1 aliphatic rings. The number of rotatable bonds is 5. The Bertz CT molecular complexity index is 791. The van der Waals surface area contributed by atoms with E-state index in [2.05, 4.69) is 15.5 Å². The van der Waals surface area contributed by atoms with Crippen LogP contribution < -0.4 is 5.32 Å². The fourth-order valence-corrected chi connectivity index (χ4v) is 2.70. The Morgan fingerprint density at radius 2 is 2.08 bits per heavy atom. The molecule has 126 valence electrons. The summed E-state index contributed by atoms with van der Waals surface area (Å²) in [5.74, 6) is -0.428. The molecule has 0 saturated carbocycles. The molecule has 1 aromatic heterocycles. The van der Waals surface area contributed by atoms with Crippen LogP contribution >= 0.6 is 0 Å². The van der Waals surface area contributed by atoms with Gasteiger partial charge in [0.2, 0.25) is 5.89 Å². The lowest BCUT2D eigenvalue weighted by Crippen LogP contribution is -2.41. The third kappa shape index (κ3) is 2.64. The summed E-state index contributed by atoms with van der Waals surface area (Å²) in [7, 11) is 0. The summed E-state index contributed by atoms with van der Waals surface area (Å²) in [6, 6.07) is 5.23. The number of halogens is 1. The smallest absolute Gasteiger partial charge is 0.325 e. The lowest BCUT2D eigenvalue weighted by molar-refractivity contribution is -0.131. The number of benzene rings is 1. The zero-order valence-electron chi connectivity index (χ0n) is 13.4. The second-order valence-corrected chi connectivity index (χ2v) is 5.78.